The second-order valence-electron chi connectivity index (χ2n) is 13.0. The lowest BCUT2D eigenvalue weighted by molar-refractivity contribution is 1.17. The highest BCUT2D eigenvalue weighted by Gasteiger charge is 2.15. The SMILES string of the molecule is Cc1cc(-c2ccc(Nc3nc(-c4ccccc4)cc(-c4ccccc4)n3)c(-c3ccccc3C)c2)ccc1-c1ccccc1Nc1ccccc1. The molecule has 0 atom stereocenters. The molecule has 0 spiro atoms. The number of benzene rings is 7. The molecule has 0 saturated carbocycles. The number of rotatable bonds is 9. The van der Waals surface area contributed by atoms with Gasteiger partial charge in [-0.05, 0) is 83.6 Å². The number of aromatic nitrogens is 2. The van der Waals surface area contributed by atoms with Gasteiger partial charge in [0.15, 0.2) is 0 Å². The molecule has 0 fully saturated rings. The van der Waals surface area contributed by atoms with Crippen LogP contribution >= 0.6 is 0 Å². The van der Waals surface area contributed by atoms with Crippen LogP contribution in [0.15, 0.2) is 182 Å². The summed E-state index contributed by atoms with van der Waals surface area (Å²) in [5, 5.41) is 7.25. The quantitative estimate of drug-likeness (QED) is 0.160. The Balaban J connectivity index is 1.18. The topological polar surface area (TPSA) is 49.8 Å². The number of nitrogens with zero attached hydrogens (tertiary/aromatic N) is 2. The highest BCUT2D eigenvalue weighted by molar-refractivity contribution is 5.88. The van der Waals surface area contributed by atoms with Crippen molar-refractivity contribution in [2.45, 2.75) is 13.8 Å². The minimum absolute atomic E-state index is 0.547. The third-order valence-electron chi connectivity index (χ3n) is 9.40. The van der Waals surface area contributed by atoms with E-state index in [4.69, 9.17) is 9.97 Å². The second-order valence-corrected chi connectivity index (χ2v) is 13.0. The zero-order chi connectivity index (χ0) is 35.3. The maximum absolute atomic E-state index is 5.02. The van der Waals surface area contributed by atoms with Crippen LogP contribution in [0.4, 0.5) is 23.0 Å². The Hall–Kier alpha value is -6.78. The van der Waals surface area contributed by atoms with Gasteiger partial charge in [0, 0.05) is 39.3 Å². The number of aryl methyl sites for hydroxylation is 2. The van der Waals surface area contributed by atoms with Crippen molar-refractivity contribution >= 4 is 23.0 Å². The highest BCUT2D eigenvalue weighted by Crippen LogP contribution is 2.39. The van der Waals surface area contributed by atoms with Gasteiger partial charge in [0.2, 0.25) is 5.95 Å². The maximum Gasteiger partial charge on any atom is 0.228 e. The first-order valence-electron chi connectivity index (χ1n) is 17.6. The molecule has 4 heteroatoms. The number of anilines is 4. The predicted octanol–water partition coefficient (Wildman–Crippen LogP) is 12.9. The number of hydrogen-bond donors (Lipinski definition) is 2. The van der Waals surface area contributed by atoms with E-state index in [9.17, 15) is 0 Å². The van der Waals surface area contributed by atoms with E-state index in [-0.39, 0.29) is 0 Å². The summed E-state index contributed by atoms with van der Waals surface area (Å²) in [6, 6.07) is 63.3. The fourth-order valence-corrected chi connectivity index (χ4v) is 6.72. The first kappa shape index (κ1) is 32.4. The zero-order valence-corrected chi connectivity index (χ0v) is 29.2. The largest absolute Gasteiger partial charge is 0.355 e. The van der Waals surface area contributed by atoms with Crippen molar-refractivity contribution in [1.82, 2.24) is 9.97 Å². The highest BCUT2D eigenvalue weighted by atomic mass is 15.1. The molecule has 8 rings (SSSR count). The van der Waals surface area contributed by atoms with Crippen LogP contribution in [0.2, 0.25) is 0 Å². The summed E-state index contributed by atoms with van der Waals surface area (Å²) >= 11 is 0. The van der Waals surface area contributed by atoms with E-state index in [1.54, 1.807) is 0 Å². The van der Waals surface area contributed by atoms with E-state index < -0.39 is 0 Å². The van der Waals surface area contributed by atoms with E-state index >= 15 is 0 Å². The molecule has 2 N–H and O–H groups in total. The summed E-state index contributed by atoms with van der Waals surface area (Å²) in [5.74, 6) is 0.547. The lowest BCUT2D eigenvalue weighted by Crippen LogP contribution is -2.02. The van der Waals surface area contributed by atoms with E-state index in [0.29, 0.717) is 5.95 Å². The average molecular weight is 671 g/mol. The Labute approximate surface area is 305 Å². The molecule has 8 aromatic rings. The Bertz CT molecular complexity index is 2420. The van der Waals surface area contributed by atoms with Gasteiger partial charge in [0.1, 0.15) is 0 Å². The average Bonchev–Trinajstić information content (AvgIpc) is 3.20. The summed E-state index contributed by atoms with van der Waals surface area (Å²) < 4.78 is 0. The third kappa shape index (κ3) is 6.96. The van der Waals surface area contributed by atoms with Crippen molar-refractivity contribution in [1.29, 1.82) is 0 Å². The molecule has 4 nitrogen and oxygen atoms in total. The first-order chi connectivity index (χ1) is 25.6. The molecule has 7 aromatic carbocycles. The van der Waals surface area contributed by atoms with Gasteiger partial charge in [-0.25, -0.2) is 9.97 Å². The van der Waals surface area contributed by atoms with E-state index in [2.05, 4.69) is 152 Å². The van der Waals surface area contributed by atoms with Crippen LogP contribution in [0.3, 0.4) is 0 Å². The maximum atomic E-state index is 5.02. The molecular formula is C48H38N4. The molecule has 0 amide bonds. The van der Waals surface area contributed by atoms with Gasteiger partial charge in [-0.3, -0.25) is 0 Å². The Morgan fingerprint density at radius 3 is 1.52 bits per heavy atom. The summed E-state index contributed by atoms with van der Waals surface area (Å²) in [4.78, 5) is 10.0. The predicted molar refractivity (Wildman–Crippen MR) is 218 cm³/mol. The van der Waals surface area contributed by atoms with Gasteiger partial charge in [0.25, 0.3) is 0 Å². The Morgan fingerprint density at radius 1 is 0.346 bits per heavy atom. The van der Waals surface area contributed by atoms with Crippen LogP contribution < -0.4 is 10.6 Å². The molecule has 52 heavy (non-hydrogen) atoms. The molecule has 0 bridgehead atoms. The van der Waals surface area contributed by atoms with Gasteiger partial charge >= 0.3 is 0 Å². The third-order valence-corrected chi connectivity index (χ3v) is 9.40. The monoisotopic (exact) mass is 670 g/mol. The standard InChI is InChI=1S/C48H38N4/c1-33-16-12-13-23-40(33)43-31-38(37-26-28-41(34(2)30-37)42-24-14-15-25-44(42)49-39-21-10-5-11-22-39)27-29-45(43)50-48-51-46(35-17-6-3-7-18-35)32-47(52-48)36-19-8-4-9-20-36/h3-32,49H,1-2H3,(H,50,51,52). The number of hydrogen-bond acceptors (Lipinski definition) is 4. The fraction of sp³-hybridized carbons (Fsp3) is 0.0417. The molecule has 0 saturated heterocycles. The molecular weight excluding hydrogens is 633 g/mol. The van der Waals surface area contributed by atoms with Crippen molar-refractivity contribution < 1.29 is 0 Å². The van der Waals surface area contributed by atoms with Crippen LogP contribution in [-0.4, -0.2) is 9.97 Å². The van der Waals surface area contributed by atoms with E-state index in [1.807, 2.05) is 54.6 Å². The molecule has 1 heterocycles. The molecule has 0 aliphatic heterocycles. The fourth-order valence-electron chi connectivity index (χ4n) is 6.72. The van der Waals surface area contributed by atoms with Crippen LogP contribution in [0.5, 0.6) is 0 Å². The zero-order valence-electron chi connectivity index (χ0n) is 29.2. The van der Waals surface area contributed by atoms with E-state index in [0.717, 1.165) is 61.8 Å². The summed E-state index contributed by atoms with van der Waals surface area (Å²) in [6.45, 7) is 4.35. The lowest BCUT2D eigenvalue weighted by atomic mass is 9.92. The molecule has 0 aliphatic rings. The van der Waals surface area contributed by atoms with Crippen LogP contribution in [0, 0.1) is 13.8 Å². The van der Waals surface area contributed by atoms with Crippen LogP contribution in [-0.2, 0) is 0 Å². The Kier molecular flexibility index (Phi) is 9.10. The number of nitrogens with one attached hydrogen (secondary N) is 2. The van der Waals surface area contributed by atoms with Crippen molar-refractivity contribution in [3.63, 3.8) is 0 Å². The summed E-state index contributed by atoms with van der Waals surface area (Å²) in [6.07, 6.45) is 0. The molecule has 1 aromatic heterocycles. The molecule has 0 aliphatic carbocycles. The van der Waals surface area contributed by atoms with E-state index in [1.165, 1.54) is 22.3 Å². The van der Waals surface area contributed by atoms with Gasteiger partial charge in [-0.15, -0.1) is 0 Å². The molecule has 250 valence electrons. The second kappa shape index (κ2) is 14.6. The van der Waals surface area contributed by atoms with Gasteiger partial charge in [-0.2, -0.15) is 0 Å². The van der Waals surface area contributed by atoms with Crippen LogP contribution in [0.1, 0.15) is 11.1 Å². The normalized spacial score (nSPS) is 10.9. The molecule has 0 radical (unpaired) electrons. The van der Waals surface area contributed by atoms with Crippen molar-refractivity contribution in [3.8, 4) is 55.9 Å². The lowest BCUT2D eigenvalue weighted by Gasteiger charge is -2.18. The smallest absolute Gasteiger partial charge is 0.228 e. The van der Waals surface area contributed by atoms with Crippen molar-refractivity contribution in [3.05, 3.63) is 193 Å². The van der Waals surface area contributed by atoms with Gasteiger partial charge < -0.3 is 10.6 Å². The Morgan fingerprint density at radius 2 is 0.865 bits per heavy atom. The van der Waals surface area contributed by atoms with Crippen LogP contribution in [0.25, 0.3) is 55.9 Å². The summed E-state index contributed by atoms with van der Waals surface area (Å²) in [7, 11) is 0. The van der Waals surface area contributed by atoms with Gasteiger partial charge in [-0.1, -0.05) is 146 Å². The first-order valence-corrected chi connectivity index (χ1v) is 17.6. The van der Waals surface area contributed by atoms with Crippen molar-refractivity contribution in [2.75, 3.05) is 10.6 Å². The van der Waals surface area contributed by atoms with Gasteiger partial charge in [0.05, 0.1) is 11.4 Å². The van der Waals surface area contributed by atoms with Crippen molar-refractivity contribution in [2.24, 2.45) is 0 Å². The minimum Gasteiger partial charge on any atom is -0.355 e. The molecule has 0 unspecified atom stereocenters. The summed E-state index contributed by atoms with van der Waals surface area (Å²) in [5.41, 5.74) is 16.2. The number of para-hydroxylation sites is 2. The minimum atomic E-state index is 0.547.